The summed E-state index contributed by atoms with van der Waals surface area (Å²) in [7, 11) is 4.57. The number of amides is 1. The highest BCUT2D eigenvalue weighted by Gasteiger charge is 2.24. The normalized spacial score (nSPS) is 14.5. The summed E-state index contributed by atoms with van der Waals surface area (Å²) in [4.78, 5) is 26.4. The third-order valence-electron chi connectivity index (χ3n) is 5.11. The van der Waals surface area contributed by atoms with Gasteiger partial charge in [-0.2, -0.15) is 0 Å². The molecule has 1 aliphatic carbocycles. The molecule has 1 fully saturated rings. The topological polar surface area (TPSA) is 74.3 Å². The fraction of sp³-hybridized carbons (Fsp3) is 0.545. The number of hydrogen-bond acceptors (Lipinski definition) is 6. The number of rotatable bonds is 9. The smallest absolute Gasteiger partial charge is 0.331 e. The lowest BCUT2D eigenvalue weighted by atomic mass is 9.94. The van der Waals surface area contributed by atoms with Crippen LogP contribution in [-0.2, 0) is 14.3 Å². The molecule has 1 saturated carbocycles. The van der Waals surface area contributed by atoms with Gasteiger partial charge < -0.3 is 23.8 Å². The van der Waals surface area contributed by atoms with Crippen LogP contribution in [0.1, 0.15) is 44.6 Å². The van der Waals surface area contributed by atoms with E-state index >= 15 is 0 Å². The summed E-state index contributed by atoms with van der Waals surface area (Å²) in [6.07, 6.45) is 8.42. The molecule has 0 N–H and O–H groups in total. The van der Waals surface area contributed by atoms with Gasteiger partial charge in [-0.05, 0) is 43.5 Å². The molecule has 7 nitrogen and oxygen atoms in total. The van der Waals surface area contributed by atoms with Crippen molar-refractivity contribution < 1.29 is 28.5 Å². The first-order valence-electron chi connectivity index (χ1n) is 9.98. The van der Waals surface area contributed by atoms with Gasteiger partial charge in [0.1, 0.15) is 0 Å². The Kier molecular flexibility index (Phi) is 8.83. The van der Waals surface area contributed by atoms with E-state index in [4.69, 9.17) is 18.9 Å². The first kappa shape index (κ1) is 22.6. The molecule has 0 unspecified atom stereocenters. The monoisotopic (exact) mass is 405 g/mol. The molecule has 0 bridgehead atoms. The Labute approximate surface area is 172 Å². The Balaban J connectivity index is 1.96. The first-order chi connectivity index (χ1) is 14.0. The maximum atomic E-state index is 12.5. The van der Waals surface area contributed by atoms with E-state index in [-0.39, 0.29) is 18.6 Å². The molecule has 160 valence electrons. The first-order valence-corrected chi connectivity index (χ1v) is 9.98. The zero-order valence-electron chi connectivity index (χ0n) is 17.7. The molecule has 0 atom stereocenters. The van der Waals surface area contributed by atoms with Gasteiger partial charge in [-0.15, -0.1) is 0 Å². The SMILES string of the molecule is CCN(C(=O)COC(=O)/C=C/c1cc(OC)c(OC)c(OC)c1)C1CCCCC1. The highest BCUT2D eigenvalue weighted by atomic mass is 16.5. The fourth-order valence-electron chi connectivity index (χ4n) is 3.66. The number of likely N-dealkylation sites (N-methyl/N-ethyl adjacent to an activating group) is 1. The zero-order chi connectivity index (χ0) is 21.2. The van der Waals surface area contributed by atoms with E-state index in [9.17, 15) is 9.59 Å². The minimum Gasteiger partial charge on any atom is -0.493 e. The molecule has 1 amide bonds. The molecule has 0 spiro atoms. The molecule has 2 rings (SSSR count). The lowest BCUT2D eigenvalue weighted by molar-refractivity contribution is -0.149. The quantitative estimate of drug-likeness (QED) is 0.463. The number of carbonyl (C=O) groups excluding carboxylic acids is 2. The summed E-state index contributed by atoms with van der Waals surface area (Å²) in [5, 5.41) is 0. The molecule has 29 heavy (non-hydrogen) atoms. The number of esters is 1. The van der Waals surface area contributed by atoms with E-state index < -0.39 is 5.97 Å². The van der Waals surface area contributed by atoms with Crippen LogP contribution in [0.5, 0.6) is 17.2 Å². The summed E-state index contributed by atoms with van der Waals surface area (Å²) in [5.41, 5.74) is 0.681. The van der Waals surface area contributed by atoms with Crippen LogP contribution in [0, 0.1) is 0 Å². The van der Waals surface area contributed by atoms with Crippen LogP contribution in [0.15, 0.2) is 18.2 Å². The molecule has 1 aliphatic rings. The number of carbonyl (C=O) groups is 2. The van der Waals surface area contributed by atoms with Crippen molar-refractivity contribution in [3.8, 4) is 17.2 Å². The van der Waals surface area contributed by atoms with E-state index in [1.54, 1.807) is 18.2 Å². The lowest BCUT2D eigenvalue weighted by Gasteiger charge is -2.33. The molecule has 1 aromatic rings. The van der Waals surface area contributed by atoms with Crippen molar-refractivity contribution in [2.45, 2.75) is 45.1 Å². The minimum absolute atomic E-state index is 0.145. The number of hydrogen-bond donors (Lipinski definition) is 0. The van der Waals surface area contributed by atoms with Crippen LogP contribution in [0.25, 0.3) is 6.08 Å². The summed E-state index contributed by atoms with van der Waals surface area (Å²) in [6, 6.07) is 3.70. The maximum Gasteiger partial charge on any atom is 0.331 e. The van der Waals surface area contributed by atoms with Crippen molar-refractivity contribution >= 4 is 18.0 Å². The molecule has 0 radical (unpaired) electrons. The second kappa shape index (κ2) is 11.3. The Morgan fingerprint density at radius 2 is 1.66 bits per heavy atom. The number of nitrogens with zero attached hydrogens (tertiary/aromatic N) is 1. The average molecular weight is 405 g/mol. The van der Waals surface area contributed by atoms with Crippen LogP contribution in [0.4, 0.5) is 0 Å². The van der Waals surface area contributed by atoms with Gasteiger partial charge in [0, 0.05) is 18.7 Å². The molecule has 0 saturated heterocycles. The van der Waals surface area contributed by atoms with E-state index in [0.29, 0.717) is 29.4 Å². The molecule has 1 aromatic carbocycles. The van der Waals surface area contributed by atoms with Gasteiger partial charge in [0.2, 0.25) is 5.75 Å². The molecule has 7 heteroatoms. The summed E-state index contributed by atoms with van der Waals surface area (Å²) < 4.78 is 21.0. The second-order valence-electron chi connectivity index (χ2n) is 6.87. The Morgan fingerprint density at radius 3 is 2.17 bits per heavy atom. The van der Waals surface area contributed by atoms with Gasteiger partial charge >= 0.3 is 5.97 Å². The second-order valence-corrected chi connectivity index (χ2v) is 6.87. The molecule has 0 aromatic heterocycles. The molecule has 0 aliphatic heterocycles. The third-order valence-corrected chi connectivity index (χ3v) is 5.11. The highest BCUT2D eigenvalue weighted by molar-refractivity contribution is 5.89. The largest absolute Gasteiger partial charge is 0.493 e. The van der Waals surface area contributed by atoms with Crippen LogP contribution in [0.2, 0.25) is 0 Å². The molecule has 0 heterocycles. The van der Waals surface area contributed by atoms with Crippen LogP contribution >= 0.6 is 0 Å². The lowest BCUT2D eigenvalue weighted by Crippen LogP contribution is -2.43. The Bertz CT molecular complexity index is 699. The molecular formula is C22H31NO6. The summed E-state index contributed by atoms with van der Waals surface area (Å²) in [6.45, 7) is 2.34. The molecular weight excluding hydrogens is 374 g/mol. The van der Waals surface area contributed by atoms with Crippen molar-refractivity contribution in [3.05, 3.63) is 23.8 Å². The van der Waals surface area contributed by atoms with Crippen molar-refractivity contribution in [2.75, 3.05) is 34.5 Å². The standard InChI is InChI=1S/C22H31NO6/c1-5-23(17-9-7-6-8-10-17)20(24)15-29-21(25)12-11-16-13-18(26-2)22(28-4)19(14-16)27-3/h11-14,17H,5-10,15H2,1-4H3/b12-11+. The van der Waals surface area contributed by atoms with Gasteiger partial charge in [0.05, 0.1) is 21.3 Å². The van der Waals surface area contributed by atoms with E-state index in [1.807, 2.05) is 11.8 Å². The number of ether oxygens (including phenoxy) is 4. The predicted octanol–water partition coefficient (Wildman–Crippen LogP) is 3.45. The summed E-state index contributed by atoms with van der Waals surface area (Å²) in [5.74, 6) is 0.727. The minimum atomic E-state index is -0.577. The Hall–Kier alpha value is -2.70. The maximum absolute atomic E-state index is 12.5. The average Bonchev–Trinajstić information content (AvgIpc) is 2.76. The highest BCUT2D eigenvalue weighted by Crippen LogP contribution is 2.38. The summed E-state index contributed by atoms with van der Waals surface area (Å²) >= 11 is 0. The van der Waals surface area contributed by atoms with E-state index in [2.05, 4.69) is 0 Å². The van der Waals surface area contributed by atoms with Gasteiger partial charge in [-0.1, -0.05) is 19.3 Å². The van der Waals surface area contributed by atoms with Crippen molar-refractivity contribution in [2.24, 2.45) is 0 Å². The van der Waals surface area contributed by atoms with Gasteiger partial charge in [0.25, 0.3) is 5.91 Å². The van der Waals surface area contributed by atoms with Crippen molar-refractivity contribution in [3.63, 3.8) is 0 Å². The van der Waals surface area contributed by atoms with E-state index in [1.165, 1.54) is 33.8 Å². The Morgan fingerprint density at radius 1 is 1.03 bits per heavy atom. The van der Waals surface area contributed by atoms with Gasteiger partial charge in [0.15, 0.2) is 18.1 Å². The van der Waals surface area contributed by atoms with E-state index in [0.717, 1.165) is 25.7 Å². The number of benzene rings is 1. The predicted molar refractivity (Wildman–Crippen MR) is 110 cm³/mol. The fourth-order valence-corrected chi connectivity index (χ4v) is 3.66. The zero-order valence-corrected chi connectivity index (χ0v) is 17.7. The van der Waals surface area contributed by atoms with Crippen LogP contribution < -0.4 is 14.2 Å². The van der Waals surface area contributed by atoms with Crippen molar-refractivity contribution in [1.82, 2.24) is 4.90 Å². The number of methoxy groups -OCH3 is 3. The van der Waals surface area contributed by atoms with Crippen LogP contribution in [0.3, 0.4) is 0 Å². The third kappa shape index (κ3) is 6.14. The van der Waals surface area contributed by atoms with Crippen LogP contribution in [-0.4, -0.2) is 57.3 Å². The van der Waals surface area contributed by atoms with Crippen molar-refractivity contribution in [1.29, 1.82) is 0 Å². The van der Waals surface area contributed by atoms with Gasteiger partial charge in [-0.3, -0.25) is 4.79 Å². The van der Waals surface area contributed by atoms with Gasteiger partial charge in [-0.25, -0.2) is 4.79 Å².